The van der Waals surface area contributed by atoms with E-state index in [-0.39, 0.29) is 0 Å². The van der Waals surface area contributed by atoms with Crippen LogP contribution in [0.5, 0.6) is 0 Å². The first-order valence-corrected chi connectivity index (χ1v) is 6.22. The Kier molecular flexibility index (Phi) is 4.82. The normalized spacial score (nSPS) is 15.6. The molecule has 0 nitrogen and oxygen atoms in total. The van der Waals surface area contributed by atoms with Gasteiger partial charge in [-0.3, -0.25) is 0 Å². The molecule has 0 saturated carbocycles. The monoisotopic (exact) mass is 216 g/mol. The maximum atomic E-state index is 6.16. The summed E-state index contributed by atoms with van der Waals surface area (Å²) in [5.74, 6) is 0.633. The average Bonchev–Trinajstić information content (AvgIpc) is 2.65. The molecule has 0 radical (unpaired) electrons. The number of hydrogen-bond donors (Lipinski definition) is 0. The highest BCUT2D eigenvalue weighted by atomic mass is 35.5. The largest absolute Gasteiger partial charge is 0.149 e. The summed E-state index contributed by atoms with van der Waals surface area (Å²) >= 11 is 8.00. The number of aryl methyl sites for hydroxylation is 1. The van der Waals surface area contributed by atoms with E-state index >= 15 is 0 Å². The predicted octanol–water partition coefficient (Wildman–Crippen LogP) is 4.33. The van der Waals surface area contributed by atoms with Crippen molar-refractivity contribution in [3.05, 3.63) is 22.4 Å². The van der Waals surface area contributed by atoms with E-state index in [0.29, 0.717) is 11.3 Å². The summed E-state index contributed by atoms with van der Waals surface area (Å²) in [6, 6.07) is 4.31. The molecule has 0 aliphatic rings. The van der Waals surface area contributed by atoms with Gasteiger partial charge < -0.3 is 0 Å². The molecule has 13 heavy (non-hydrogen) atoms. The van der Waals surface area contributed by atoms with Crippen molar-refractivity contribution in [1.29, 1.82) is 0 Å². The van der Waals surface area contributed by atoms with Crippen LogP contribution >= 0.6 is 22.9 Å². The first-order valence-electron chi connectivity index (χ1n) is 4.90. The van der Waals surface area contributed by atoms with Crippen LogP contribution in [0, 0.1) is 5.92 Å². The zero-order valence-corrected chi connectivity index (χ0v) is 9.87. The molecule has 0 saturated heterocycles. The molecule has 0 aliphatic carbocycles. The fourth-order valence-electron chi connectivity index (χ4n) is 1.41. The maximum absolute atomic E-state index is 6.16. The van der Waals surface area contributed by atoms with Gasteiger partial charge >= 0.3 is 0 Å². The first-order chi connectivity index (χ1) is 6.24. The van der Waals surface area contributed by atoms with Crippen LogP contribution in [0.4, 0.5) is 0 Å². The number of alkyl halides is 1. The Bertz CT molecular complexity index is 218. The van der Waals surface area contributed by atoms with Gasteiger partial charge in [0, 0.05) is 10.3 Å². The van der Waals surface area contributed by atoms with E-state index in [1.54, 1.807) is 0 Å². The van der Waals surface area contributed by atoms with Crippen molar-refractivity contribution in [3.8, 4) is 0 Å². The van der Waals surface area contributed by atoms with Gasteiger partial charge in [-0.15, -0.1) is 22.9 Å². The highest BCUT2D eigenvalue weighted by molar-refractivity contribution is 7.09. The highest BCUT2D eigenvalue weighted by Crippen LogP contribution is 2.21. The number of hydrogen-bond acceptors (Lipinski definition) is 1. The zero-order chi connectivity index (χ0) is 9.68. The van der Waals surface area contributed by atoms with Crippen molar-refractivity contribution >= 4 is 22.9 Å². The van der Waals surface area contributed by atoms with E-state index in [1.165, 1.54) is 17.7 Å². The SMILES string of the molecule is CCC(Cl)C(C)CCc1cccs1. The van der Waals surface area contributed by atoms with Crippen LogP contribution in [-0.2, 0) is 6.42 Å². The van der Waals surface area contributed by atoms with Crippen molar-refractivity contribution in [3.63, 3.8) is 0 Å². The van der Waals surface area contributed by atoms with Crippen LogP contribution in [0.15, 0.2) is 17.5 Å². The van der Waals surface area contributed by atoms with E-state index in [9.17, 15) is 0 Å². The van der Waals surface area contributed by atoms with Crippen molar-refractivity contribution in [1.82, 2.24) is 0 Å². The van der Waals surface area contributed by atoms with Gasteiger partial charge in [0.05, 0.1) is 0 Å². The molecule has 2 atom stereocenters. The smallest absolute Gasteiger partial charge is 0.0359 e. The van der Waals surface area contributed by atoms with Crippen LogP contribution in [0.2, 0.25) is 0 Å². The Labute approximate surface area is 89.9 Å². The Hall–Kier alpha value is -0.0100. The molecule has 0 aliphatic heterocycles. The van der Waals surface area contributed by atoms with Gasteiger partial charge in [-0.2, -0.15) is 0 Å². The fraction of sp³-hybridized carbons (Fsp3) is 0.636. The van der Waals surface area contributed by atoms with Gasteiger partial charge in [-0.25, -0.2) is 0 Å². The summed E-state index contributed by atoms with van der Waals surface area (Å²) < 4.78 is 0. The Morgan fingerprint density at radius 2 is 2.31 bits per heavy atom. The second-order valence-corrected chi connectivity index (χ2v) is 5.11. The topological polar surface area (TPSA) is 0 Å². The van der Waals surface area contributed by atoms with Gasteiger partial charge in [0.2, 0.25) is 0 Å². The second-order valence-electron chi connectivity index (χ2n) is 3.52. The fourth-order valence-corrected chi connectivity index (χ4v) is 2.26. The molecule has 0 aromatic carbocycles. The number of rotatable bonds is 5. The lowest BCUT2D eigenvalue weighted by atomic mass is 9.99. The third-order valence-electron chi connectivity index (χ3n) is 2.43. The molecule has 1 aromatic rings. The Morgan fingerprint density at radius 1 is 1.54 bits per heavy atom. The summed E-state index contributed by atoms with van der Waals surface area (Å²) in [6.45, 7) is 4.40. The standard InChI is InChI=1S/C11H17ClS/c1-3-11(12)9(2)6-7-10-5-4-8-13-10/h4-5,8-9,11H,3,6-7H2,1-2H3. The van der Waals surface area contributed by atoms with Crippen LogP contribution < -0.4 is 0 Å². The molecule has 2 heteroatoms. The maximum Gasteiger partial charge on any atom is 0.0359 e. The van der Waals surface area contributed by atoms with Gasteiger partial charge in [0.25, 0.3) is 0 Å². The lowest BCUT2D eigenvalue weighted by Crippen LogP contribution is -2.10. The van der Waals surface area contributed by atoms with Crippen LogP contribution in [-0.4, -0.2) is 5.38 Å². The minimum atomic E-state index is 0.347. The van der Waals surface area contributed by atoms with E-state index < -0.39 is 0 Å². The third kappa shape index (κ3) is 3.70. The molecule has 0 N–H and O–H groups in total. The summed E-state index contributed by atoms with van der Waals surface area (Å²) in [7, 11) is 0. The van der Waals surface area contributed by atoms with E-state index in [2.05, 4.69) is 31.4 Å². The van der Waals surface area contributed by atoms with Gasteiger partial charge in [0.1, 0.15) is 0 Å². The molecule has 1 aromatic heterocycles. The zero-order valence-electron chi connectivity index (χ0n) is 8.29. The van der Waals surface area contributed by atoms with Crippen molar-refractivity contribution < 1.29 is 0 Å². The lowest BCUT2D eigenvalue weighted by Gasteiger charge is -2.15. The van der Waals surface area contributed by atoms with Crippen molar-refractivity contribution in [2.75, 3.05) is 0 Å². The number of thiophene rings is 1. The molecule has 74 valence electrons. The first kappa shape index (κ1) is 11.1. The van der Waals surface area contributed by atoms with E-state index in [4.69, 9.17) is 11.6 Å². The van der Waals surface area contributed by atoms with Crippen molar-refractivity contribution in [2.24, 2.45) is 5.92 Å². The molecule has 1 rings (SSSR count). The molecule has 1 heterocycles. The van der Waals surface area contributed by atoms with Gasteiger partial charge in [0.15, 0.2) is 0 Å². The minimum Gasteiger partial charge on any atom is -0.149 e. The van der Waals surface area contributed by atoms with Crippen LogP contribution in [0.3, 0.4) is 0 Å². The van der Waals surface area contributed by atoms with Crippen LogP contribution in [0.1, 0.15) is 31.6 Å². The quantitative estimate of drug-likeness (QED) is 0.643. The highest BCUT2D eigenvalue weighted by Gasteiger charge is 2.11. The minimum absolute atomic E-state index is 0.347. The summed E-state index contributed by atoms with van der Waals surface area (Å²) in [5, 5.41) is 2.48. The lowest BCUT2D eigenvalue weighted by molar-refractivity contribution is 0.496. The molecule has 0 fully saturated rings. The van der Waals surface area contributed by atoms with Gasteiger partial charge in [-0.05, 0) is 36.6 Å². The average molecular weight is 217 g/mol. The van der Waals surface area contributed by atoms with Crippen molar-refractivity contribution in [2.45, 2.75) is 38.5 Å². The molecule has 0 amide bonds. The Morgan fingerprint density at radius 3 is 2.85 bits per heavy atom. The van der Waals surface area contributed by atoms with E-state index in [1.807, 2.05) is 11.3 Å². The third-order valence-corrected chi connectivity index (χ3v) is 4.11. The number of halogens is 1. The molecular formula is C11H17ClS. The molecular weight excluding hydrogens is 200 g/mol. The molecule has 2 unspecified atom stereocenters. The van der Waals surface area contributed by atoms with Crippen LogP contribution in [0.25, 0.3) is 0 Å². The summed E-state index contributed by atoms with van der Waals surface area (Å²) in [4.78, 5) is 1.48. The predicted molar refractivity (Wildman–Crippen MR) is 61.7 cm³/mol. The van der Waals surface area contributed by atoms with Gasteiger partial charge in [-0.1, -0.05) is 19.9 Å². The molecule has 0 bridgehead atoms. The summed E-state index contributed by atoms with van der Waals surface area (Å²) in [5.41, 5.74) is 0. The Balaban J connectivity index is 2.26. The second kappa shape index (κ2) is 5.66. The molecule has 0 spiro atoms. The summed E-state index contributed by atoms with van der Waals surface area (Å²) in [6.07, 6.45) is 3.47. The van der Waals surface area contributed by atoms with E-state index in [0.717, 1.165) is 6.42 Å².